The Hall–Kier alpha value is -3.58. The van der Waals surface area contributed by atoms with Crippen molar-refractivity contribution in [2.75, 3.05) is 6.54 Å². The number of pyridine rings is 2. The SMILES string of the molecule is NC(CNCc1ccncc1)=Nc1ccc2nc(-c3ccccc3)nn2c1. The van der Waals surface area contributed by atoms with Crippen LogP contribution in [0.1, 0.15) is 5.56 Å². The molecule has 3 heterocycles. The van der Waals surface area contributed by atoms with Gasteiger partial charge in [0.05, 0.1) is 18.4 Å². The van der Waals surface area contributed by atoms with Crippen molar-refractivity contribution in [2.45, 2.75) is 6.54 Å². The van der Waals surface area contributed by atoms with Crippen molar-refractivity contribution in [1.82, 2.24) is 24.9 Å². The maximum Gasteiger partial charge on any atom is 0.182 e. The van der Waals surface area contributed by atoms with Crippen molar-refractivity contribution in [3.63, 3.8) is 0 Å². The summed E-state index contributed by atoms with van der Waals surface area (Å²) in [5.41, 5.74) is 9.66. The monoisotopic (exact) mass is 357 g/mol. The molecule has 3 aromatic heterocycles. The van der Waals surface area contributed by atoms with Crippen molar-refractivity contribution in [3.05, 3.63) is 78.8 Å². The number of hydrogen-bond acceptors (Lipinski definition) is 5. The van der Waals surface area contributed by atoms with E-state index < -0.39 is 0 Å². The number of benzene rings is 1. The van der Waals surface area contributed by atoms with Gasteiger partial charge in [0.15, 0.2) is 11.5 Å². The summed E-state index contributed by atoms with van der Waals surface area (Å²) in [5.74, 6) is 1.19. The Balaban J connectivity index is 1.45. The molecule has 4 aromatic rings. The fraction of sp³-hybridized carbons (Fsp3) is 0.100. The lowest BCUT2D eigenvalue weighted by Gasteiger charge is -2.04. The minimum absolute atomic E-state index is 0.493. The molecule has 0 aliphatic carbocycles. The van der Waals surface area contributed by atoms with Gasteiger partial charge >= 0.3 is 0 Å². The molecule has 0 bridgehead atoms. The average molecular weight is 357 g/mol. The molecule has 7 nitrogen and oxygen atoms in total. The fourth-order valence-corrected chi connectivity index (χ4v) is 2.69. The van der Waals surface area contributed by atoms with Crippen molar-refractivity contribution < 1.29 is 0 Å². The Bertz CT molecular complexity index is 1060. The molecule has 0 amide bonds. The van der Waals surface area contributed by atoms with Crippen LogP contribution in [0.25, 0.3) is 17.0 Å². The molecule has 134 valence electrons. The normalized spacial score (nSPS) is 11.8. The molecular weight excluding hydrogens is 338 g/mol. The van der Waals surface area contributed by atoms with Crippen LogP contribution in [0.4, 0.5) is 5.69 Å². The van der Waals surface area contributed by atoms with Gasteiger partial charge in [0, 0.05) is 24.5 Å². The summed E-state index contributed by atoms with van der Waals surface area (Å²) < 4.78 is 1.72. The lowest BCUT2D eigenvalue weighted by atomic mass is 10.2. The van der Waals surface area contributed by atoms with E-state index in [1.807, 2.05) is 60.8 Å². The number of nitrogens with zero attached hydrogens (tertiary/aromatic N) is 5. The summed E-state index contributed by atoms with van der Waals surface area (Å²) in [4.78, 5) is 13.0. The van der Waals surface area contributed by atoms with E-state index in [1.165, 1.54) is 0 Å². The number of nitrogens with one attached hydrogen (secondary N) is 1. The third kappa shape index (κ3) is 4.16. The van der Waals surface area contributed by atoms with Crippen LogP contribution in [-0.2, 0) is 6.54 Å². The van der Waals surface area contributed by atoms with Crippen molar-refractivity contribution in [2.24, 2.45) is 10.7 Å². The van der Waals surface area contributed by atoms with Gasteiger partial charge in [-0.3, -0.25) is 4.98 Å². The van der Waals surface area contributed by atoms with Crippen LogP contribution in [0.2, 0.25) is 0 Å². The minimum Gasteiger partial charge on any atom is -0.386 e. The Morgan fingerprint density at radius 1 is 1.04 bits per heavy atom. The highest BCUT2D eigenvalue weighted by molar-refractivity contribution is 5.85. The van der Waals surface area contributed by atoms with Gasteiger partial charge in [-0.2, -0.15) is 0 Å². The quantitative estimate of drug-likeness (QED) is 0.409. The zero-order valence-corrected chi connectivity index (χ0v) is 14.7. The van der Waals surface area contributed by atoms with E-state index in [0.717, 1.165) is 22.5 Å². The third-order valence-corrected chi connectivity index (χ3v) is 4.00. The highest BCUT2D eigenvalue weighted by Gasteiger charge is 2.06. The number of amidine groups is 1. The van der Waals surface area contributed by atoms with Crippen LogP contribution in [0.15, 0.2) is 78.2 Å². The lowest BCUT2D eigenvalue weighted by molar-refractivity contribution is 0.772. The van der Waals surface area contributed by atoms with Gasteiger partial charge in [0.1, 0.15) is 5.84 Å². The van der Waals surface area contributed by atoms with Crippen LogP contribution < -0.4 is 11.1 Å². The molecule has 0 saturated carbocycles. The maximum absolute atomic E-state index is 6.04. The van der Waals surface area contributed by atoms with E-state index in [0.29, 0.717) is 24.7 Å². The molecule has 0 atom stereocenters. The summed E-state index contributed by atoms with van der Waals surface area (Å²) in [6, 6.07) is 17.6. The largest absolute Gasteiger partial charge is 0.386 e. The predicted molar refractivity (Wildman–Crippen MR) is 106 cm³/mol. The van der Waals surface area contributed by atoms with Crippen LogP contribution in [0.3, 0.4) is 0 Å². The highest BCUT2D eigenvalue weighted by atomic mass is 15.3. The minimum atomic E-state index is 0.493. The molecule has 0 aliphatic heterocycles. The summed E-state index contributed by atoms with van der Waals surface area (Å²) in [7, 11) is 0. The molecule has 0 spiro atoms. The van der Waals surface area contributed by atoms with Crippen molar-refractivity contribution >= 4 is 17.2 Å². The topological polar surface area (TPSA) is 93.5 Å². The van der Waals surface area contributed by atoms with Gasteiger partial charge in [-0.15, -0.1) is 5.10 Å². The molecule has 1 aromatic carbocycles. The van der Waals surface area contributed by atoms with Crippen LogP contribution in [0.5, 0.6) is 0 Å². The van der Waals surface area contributed by atoms with Crippen LogP contribution in [0, 0.1) is 0 Å². The zero-order valence-electron chi connectivity index (χ0n) is 14.7. The summed E-state index contributed by atoms with van der Waals surface area (Å²) >= 11 is 0. The smallest absolute Gasteiger partial charge is 0.182 e. The number of rotatable bonds is 6. The number of aromatic nitrogens is 4. The van der Waals surface area contributed by atoms with Gasteiger partial charge in [0.2, 0.25) is 0 Å². The molecule has 3 N–H and O–H groups in total. The Morgan fingerprint density at radius 3 is 2.67 bits per heavy atom. The van der Waals surface area contributed by atoms with Crippen molar-refractivity contribution in [1.29, 1.82) is 0 Å². The second-order valence-electron chi connectivity index (χ2n) is 6.05. The van der Waals surface area contributed by atoms with Gasteiger partial charge in [-0.1, -0.05) is 30.3 Å². The van der Waals surface area contributed by atoms with Crippen LogP contribution in [-0.4, -0.2) is 32.0 Å². The predicted octanol–water partition coefficient (Wildman–Crippen LogP) is 2.57. The van der Waals surface area contributed by atoms with Crippen LogP contribution >= 0.6 is 0 Å². The number of hydrogen-bond donors (Lipinski definition) is 2. The first-order valence-electron chi connectivity index (χ1n) is 8.62. The molecule has 0 radical (unpaired) electrons. The van der Waals surface area contributed by atoms with Gasteiger partial charge in [0.25, 0.3) is 0 Å². The first-order chi connectivity index (χ1) is 13.3. The molecule has 7 heteroatoms. The Labute approximate surface area is 156 Å². The third-order valence-electron chi connectivity index (χ3n) is 4.00. The summed E-state index contributed by atoms with van der Waals surface area (Å²) in [6.07, 6.45) is 5.36. The molecular formula is C20H19N7. The molecule has 0 fully saturated rings. The second-order valence-corrected chi connectivity index (χ2v) is 6.05. The molecule has 27 heavy (non-hydrogen) atoms. The fourth-order valence-electron chi connectivity index (χ4n) is 2.69. The lowest BCUT2D eigenvalue weighted by Crippen LogP contribution is -2.28. The molecule has 0 unspecified atom stereocenters. The maximum atomic E-state index is 6.04. The average Bonchev–Trinajstić information content (AvgIpc) is 3.13. The number of aliphatic imine (C=N–C) groups is 1. The van der Waals surface area contributed by atoms with E-state index in [9.17, 15) is 0 Å². The molecule has 4 rings (SSSR count). The standard InChI is InChI=1S/C20H19N7/c21-18(13-23-12-15-8-10-22-11-9-15)24-17-6-7-19-25-20(26-27(19)14-17)16-4-2-1-3-5-16/h1-11,14,23H,12-13H2,(H2,21,24). The Kier molecular flexibility index (Phi) is 4.84. The Morgan fingerprint density at radius 2 is 1.85 bits per heavy atom. The number of fused-ring (bicyclic) bond motifs is 1. The van der Waals surface area contributed by atoms with E-state index in [2.05, 4.69) is 25.4 Å². The van der Waals surface area contributed by atoms with E-state index in [-0.39, 0.29) is 0 Å². The van der Waals surface area contributed by atoms with Gasteiger partial charge < -0.3 is 11.1 Å². The summed E-state index contributed by atoms with van der Waals surface area (Å²) in [5, 5.41) is 7.79. The van der Waals surface area contributed by atoms with Gasteiger partial charge in [-0.25, -0.2) is 14.5 Å². The summed E-state index contributed by atoms with van der Waals surface area (Å²) in [6.45, 7) is 1.20. The van der Waals surface area contributed by atoms with E-state index >= 15 is 0 Å². The van der Waals surface area contributed by atoms with Crippen molar-refractivity contribution in [3.8, 4) is 11.4 Å². The molecule has 0 aliphatic rings. The van der Waals surface area contributed by atoms with Gasteiger partial charge in [-0.05, 0) is 29.8 Å². The van der Waals surface area contributed by atoms with E-state index in [1.54, 1.807) is 16.9 Å². The second kappa shape index (κ2) is 7.76. The highest BCUT2D eigenvalue weighted by Crippen LogP contribution is 2.18. The zero-order chi connectivity index (χ0) is 18.5. The first-order valence-corrected chi connectivity index (χ1v) is 8.62. The first kappa shape index (κ1) is 16.9. The molecule has 0 saturated heterocycles. The number of nitrogens with two attached hydrogens (primary N) is 1. The van der Waals surface area contributed by atoms with E-state index in [4.69, 9.17) is 5.73 Å².